The van der Waals surface area contributed by atoms with E-state index in [1.54, 1.807) is 7.11 Å². The van der Waals surface area contributed by atoms with Crippen LogP contribution >= 0.6 is 24.0 Å². The molecule has 9 heteroatoms. The van der Waals surface area contributed by atoms with Gasteiger partial charge >= 0.3 is 5.97 Å². The molecule has 2 aromatic rings. The van der Waals surface area contributed by atoms with E-state index in [1.807, 2.05) is 37.3 Å². The number of hydrogen-bond acceptors (Lipinski definition) is 7. The molecule has 170 valence electrons. The number of halogens is 2. The molecule has 7 nitrogen and oxygen atoms in total. The molecule has 1 aliphatic rings. The molecule has 1 aliphatic heterocycles. The molecule has 0 radical (unpaired) electrons. The van der Waals surface area contributed by atoms with Crippen molar-refractivity contribution in [2.75, 3.05) is 57.3 Å². The molecule has 0 bridgehead atoms. The molecule has 0 atom stereocenters. The topological polar surface area (TPSA) is 69.3 Å². The number of benzene rings is 2. The van der Waals surface area contributed by atoms with E-state index in [4.69, 9.17) is 30.5 Å². The first-order valence-corrected chi connectivity index (χ1v) is 10.2. The first kappa shape index (κ1) is 24.9. The van der Waals surface area contributed by atoms with Gasteiger partial charge in [0, 0.05) is 25.3 Å². The van der Waals surface area contributed by atoms with Gasteiger partial charge in [-0.15, -0.1) is 12.4 Å². The van der Waals surface area contributed by atoms with Crippen molar-refractivity contribution in [3.8, 4) is 11.5 Å². The van der Waals surface area contributed by atoms with Crippen LogP contribution in [0, 0.1) is 0 Å². The van der Waals surface area contributed by atoms with Crippen LogP contribution in [0.4, 0.5) is 11.4 Å². The maximum Gasteiger partial charge on any atom is 0.340 e. The highest BCUT2D eigenvalue weighted by atomic mass is 35.5. The van der Waals surface area contributed by atoms with E-state index in [0.717, 1.165) is 30.0 Å². The first-order chi connectivity index (χ1) is 14.6. The van der Waals surface area contributed by atoms with Crippen LogP contribution in [0.5, 0.6) is 11.5 Å². The lowest BCUT2D eigenvalue weighted by atomic mass is 10.1. The number of nitrogens with zero attached hydrogens (tertiary/aromatic N) is 1. The van der Waals surface area contributed by atoms with Gasteiger partial charge in [0.2, 0.25) is 0 Å². The standard InChI is InChI=1S/C22H27ClN2O5.ClH/c1-4-30-20-12-15(11-18(23)21(20)27-2)14-24-16-5-6-19(17(13-16)22(26)28-3)25-7-9-29-10-8-25;/h5-6,11-13,24H,4,7-10,14H2,1-3H3;1H. The van der Waals surface area contributed by atoms with E-state index in [1.165, 1.54) is 7.11 Å². The number of rotatable bonds is 8. The molecule has 0 spiro atoms. The normalized spacial score (nSPS) is 13.2. The lowest BCUT2D eigenvalue weighted by molar-refractivity contribution is 0.0600. The van der Waals surface area contributed by atoms with Crippen LogP contribution in [0.2, 0.25) is 5.02 Å². The number of nitrogens with one attached hydrogen (secondary N) is 1. The van der Waals surface area contributed by atoms with Crippen molar-refractivity contribution in [1.29, 1.82) is 0 Å². The number of esters is 1. The number of carbonyl (C=O) groups is 1. The van der Waals surface area contributed by atoms with Gasteiger partial charge in [-0.25, -0.2) is 4.79 Å². The van der Waals surface area contributed by atoms with E-state index in [2.05, 4.69) is 10.2 Å². The predicted molar refractivity (Wildman–Crippen MR) is 125 cm³/mol. The van der Waals surface area contributed by atoms with Gasteiger partial charge < -0.3 is 29.2 Å². The van der Waals surface area contributed by atoms with Crippen molar-refractivity contribution in [3.63, 3.8) is 0 Å². The molecule has 1 N–H and O–H groups in total. The van der Waals surface area contributed by atoms with Gasteiger partial charge in [0.15, 0.2) is 11.5 Å². The highest BCUT2D eigenvalue weighted by Gasteiger charge is 2.20. The predicted octanol–water partition coefficient (Wildman–Crippen LogP) is 4.40. The quantitative estimate of drug-likeness (QED) is 0.573. The maximum atomic E-state index is 12.4. The van der Waals surface area contributed by atoms with Gasteiger partial charge in [0.25, 0.3) is 0 Å². The van der Waals surface area contributed by atoms with E-state index in [-0.39, 0.29) is 18.4 Å². The fraction of sp³-hybridized carbons (Fsp3) is 0.409. The molecule has 0 unspecified atom stereocenters. The smallest absolute Gasteiger partial charge is 0.340 e. The Bertz CT molecular complexity index is 888. The summed E-state index contributed by atoms with van der Waals surface area (Å²) in [5.41, 5.74) is 3.10. The molecule has 0 saturated carbocycles. The third-order valence-corrected chi connectivity index (χ3v) is 5.10. The van der Waals surface area contributed by atoms with E-state index < -0.39 is 0 Å². The van der Waals surface area contributed by atoms with Crippen molar-refractivity contribution in [1.82, 2.24) is 0 Å². The molecule has 0 amide bonds. The number of hydrogen-bond donors (Lipinski definition) is 1. The lowest BCUT2D eigenvalue weighted by Crippen LogP contribution is -2.37. The zero-order valence-corrected chi connectivity index (χ0v) is 19.5. The average Bonchev–Trinajstić information content (AvgIpc) is 2.77. The lowest BCUT2D eigenvalue weighted by Gasteiger charge is -2.30. The van der Waals surface area contributed by atoms with E-state index >= 15 is 0 Å². The van der Waals surface area contributed by atoms with Gasteiger partial charge in [0.1, 0.15) is 0 Å². The summed E-state index contributed by atoms with van der Waals surface area (Å²) in [6, 6.07) is 9.42. The Morgan fingerprint density at radius 3 is 2.58 bits per heavy atom. The van der Waals surface area contributed by atoms with Gasteiger partial charge in [-0.2, -0.15) is 0 Å². The Morgan fingerprint density at radius 1 is 1.19 bits per heavy atom. The third kappa shape index (κ3) is 6.09. The second kappa shape index (κ2) is 11.9. The largest absolute Gasteiger partial charge is 0.491 e. The zero-order valence-electron chi connectivity index (χ0n) is 17.9. The third-order valence-electron chi connectivity index (χ3n) is 4.82. The van der Waals surface area contributed by atoms with Crippen molar-refractivity contribution in [2.24, 2.45) is 0 Å². The second-order valence-corrected chi connectivity index (χ2v) is 7.13. The van der Waals surface area contributed by atoms with E-state index in [9.17, 15) is 4.79 Å². The highest BCUT2D eigenvalue weighted by molar-refractivity contribution is 6.32. The van der Waals surface area contributed by atoms with Gasteiger partial charge in [-0.05, 0) is 42.8 Å². The highest BCUT2D eigenvalue weighted by Crippen LogP contribution is 2.36. The zero-order chi connectivity index (χ0) is 21.5. The fourth-order valence-corrected chi connectivity index (χ4v) is 3.70. The minimum absolute atomic E-state index is 0. The van der Waals surface area contributed by atoms with Crippen LogP contribution in [0.15, 0.2) is 30.3 Å². The van der Waals surface area contributed by atoms with Gasteiger partial charge in [-0.1, -0.05) is 11.6 Å². The summed E-state index contributed by atoms with van der Waals surface area (Å²) in [7, 11) is 2.95. The summed E-state index contributed by atoms with van der Waals surface area (Å²) < 4.78 is 21.4. The molecule has 31 heavy (non-hydrogen) atoms. The molecule has 0 aliphatic carbocycles. The van der Waals surface area contributed by atoms with Crippen LogP contribution in [0.1, 0.15) is 22.8 Å². The van der Waals surface area contributed by atoms with Crippen LogP contribution in [0.25, 0.3) is 0 Å². The second-order valence-electron chi connectivity index (χ2n) is 6.72. The van der Waals surface area contributed by atoms with Crippen LogP contribution in [-0.4, -0.2) is 53.1 Å². The average molecular weight is 471 g/mol. The van der Waals surface area contributed by atoms with Crippen LogP contribution in [-0.2, 0) is 16.0 Å². The van der Waals surface area contributed by atoms with Crippen LogP contribution in [0.3, 0.4) is 0 Å². The Hall–Kier alpha value is -2.35. The number of ether oxygens (including phenoxy) is 4. The molecule has 1 heterocycles. The number of carbonyl (C=O) groups excluding carboxylic acids is 1. The SMILES string of the molecule is CCOc1cc(CNc2ccc(N3CCOCC3)c(C(=O)OC)c2)cc(Cl)c1OC.Cl. The van der Waals surface area contributed by atoms with Crippen molar-refractivity contribution >= 4 is 41.4 Å². The molecular formula is C22H28Cl2N2O5. The summed E-state index contributed by atoms with van der Waals surface area (Å²) >= 11 is 6.33. The Balaban J connectivity index is 0.00000341. The van der Waals surface area contributed by atoms with Crippen LogP contribution < -0.4 is 19.7 Å². The van der Waals surface area contributed by atoms with Gasteiger partial charge in [0.05, 0.1) is 50.3 Å². The first-order valence-electron chi connectivity index (χ1n) is 9.85. The number of methoxy groups -OCH3 is 2. The summed E-state index contributed by atoms with van der Waals surface area (Å²) in [5.74, 6) is 0.749. The van der Waals surface area contributed by atoms with Gasteiger partial charge in [-0.3, -0.25) is 0 Å². The molecule has 1 fully saturated rings. The van der Waals surface area contributed by atoms with E-state index in [0.29, 0.717) is 48.5 Å². The van der Waals surface area contributed by atoms with Crippen molar-refractivity contribution in [2.45, 2.75) is 13.5 Å². The van der Waals surface area contributed by atoms with Crippen molar-refractivity contribution in [3.05, 3.63) is 46.5 Å². The molecule has 0 aromatic heterocycles. The molecule has 1 saturated heterocycles. The minimum Gasteiger partial charge on any atom is -0.491 e. The minimum atomic E-state index is -0.369. The Labute approximate surface area is 194 Å². The Kier molecular flexibility index (Phi) is 9.55. The van der Waals surface area contributed by atoms with Crippen molar-refractivity contribution < 1.29 is 23.7 Å². The summed E-state index contributed by atoms with van der Waals surface area (Å²) in [6.07, 6.45) is 0. The fourth-order valence-electron chi connectivity index (χ4n) is 3.39. The Morgan fingerprint density at radius 2 is 1.94 bits per heavy atom. The monoisotopic (exact) mass is 470 g/mol. The summed E-state index contributed by atoms with van der Waals surface area (Å²) in [6.45, 7) is 5.67. The summed E-state index contributed by atoms with van der Waals surface area (Å²) in [4.78, 5) is 14.5. The molecule has 2 aromatic carbocycles. The summed E-state index contributed by atoms with van der Waals surface area (Å²) in [5, 5.41) is 3.82. The number of anilines is 2. The molecular weight excluding hydrogens is 443 g/mol. The number of morpholine rings is 1. The molecule has 3 rings (SSSR count). The maximum absolute atomic E-state index is 12.4.